The normalized spacial score (nSPS) is 11.1. The highest BCUT2D eigenvalue weighted by atomic mass is 16.5. The van der Waals surface area contributed by atoms with Crippen molar-refractivity contribution in [3.8, 4) is 11.6 Å². The van der Waals surface area contributed by atoms with Crippen LogP contribution >= 0.6 is 0 Å². The summed E-state index contributed by atoms with van der Waals surface area (Å²) in [6.07, 6.45) is 1.38. The molecule has 3 aromatic heterocycles. The van der Waals surface area contributed by atoms with Crippen molar-refractivity contribution >= 4 is 28.7 Å². The van der Waals surface area contributed by atoms with Gasteiger partial charge in [-0.2, -0.15) is 19.9 Å². The van der Waals surface area contributed by atoms with Gasteiger partial charge in [-0.15, -0.1) is 0 Å². The van der Waals surface area contributed by atoms with Gasteiger partial charge >= 0.3 is 5.97 Å². The summed E-state index contributed by atoms with van der Waals surface area (Å²) in [7, 11) is 0. The Kier molecular flexibility index (Phi) is 6.26. The predicted octanol–water partition coefficient (Wildman–Crippen LogP) is 2.50. The lowest BCUT2D eigenvalue weighted by atomic mass is 10.1. The molecule has 34 heavy (non-hydrogen) atoms. The molecule has 0 saturated heterocycles. The highest BCUT2D eigenvalue weighted by Gasteiger charge is 2.18. The second-order valence-electron chi connectivity index (χ2n) is 7.84. The zero-order valence-electron chi connectivity index (χ0n) is 19.4. The Labute approximate surface area is 194 Å². The molecule has 1 amide bonds. The van der Waals surface area contributed by atoms with Crippen molar-refractivity contribution in [2.75, 3.05) is 11.9 Å². The molecule has 11 heteroatoms. The summed E-state index contributed by atoms with van der Waals surface area (Å²) in [4.78, 5) is 44.1. The number of carbonyl (C=O) groups is 2. The topological polar surface area (TPSA) is 137 Å². The summed E-state index contributed by atoms with van der Waals surface area (Å²) in [6, 6.07) is 7.47. The predicted molar refractivity (Wildman–Crippen MR) is 125 cm³/mol. The molecule has 4 aromatic rings. The summed E-state index contributed by atoms with van der Waals surface area (Å²) in [5.74, 6) is -0.401. The smallest absolute Gasteiger partial charge is 0.306 e. The van der Waals surface area contributed by atoms with Crippen molar-refractivity contribution < 1.29 is 14.3 Å². The average molecular weight is 463 g/mol. The van der Waals surface area contributed by atoms with Crippen LogP contribution < -0.4 is 10.9 Å². The number of hydrogen-bond acceptors (Lipinski definition) is 7. The van der Waals surface area contributed by atoms with Crippen molar-refractivity contribution in [2.45, 2.75) is 40.5 Å². The molecular formula is C23H25N7O4. The average Bonchev–Trinajstić information content (AvgIpc) is 3.38. The van der Waals surface area contributed by atoms with E-state index in [9.17, 15) is 14.4 Å². The summed E-state index contributed by atoms with van der Waals surface area (Å²) in [6.45, 7) is 7.69. The van der Waals surface area contributed by atoms with E-state index in [-0.39, 0.29) is 31.0 Å². The minimum absolute atomic E-state index is 0.0388. The first-order valence-electron chi connectivity index (χ1n) is 10.9. The van der Waals surface area contributed by atoms with Crippen LogP contribution in [-0.4, -0.2) is 48.0 Å². The second kappa shape index (κ2) is 9.30. The van der Waals surface area contributed by atoms with E-state index in [1.807, 2.05) is 32.0 Å². The van der Waals surface area contributed by atoms with Crippen molar-refractivity contribution in [3.63, 3.8) is 0 Å². The van der Waals surface area contributed by atoms with Crippen LogP contribution in [0, 0.1) is 20.8 Å². The minimum Gasteiger partial charge on any atom is -0.466 e. The van der Waals surface area contributed by atoms with Gasteiger partial charge in [0.05, 0.1) is 30.6 Å². The molecule has 11 nitrogen and oxygen atoms in total. The third-order valence-electron chi connectivity index (χ3n) is 5.39. The highest BCUT2D eigenvalue weighted by Crippen LogP contribution is 2.21. The van der Waals surface area contributed by atoms with E-state index < -0.39 is 11.9 Å². The summed E-state index contributed by atoms with van der Waals surface area (Å²) >= 11 is 0. The van der Waals surface area contributed by atoms with E-state index >= 15 is 0 Å². The van der Waals surface area contributed by atoms with Gasteiger partial charge in [0, 0.05) is 12.5 Å². The first kappa shape index (κ1) is 22.9. The van der Waals surface area contributed by atoms with Gasteiger partial charge < -0.3 is 10.1 Å². The molecule has 0 aliphatic heterocycles. The molecule has 0 aliphatic rings. The van der Waals surface area contributed by atoms with Crippen molar-refractivity contribution in [1.29, 1.82) is 0 Å². The molecule has 0 radical (unpaired) electrons. The van der Waals surface area contributed by atoms with Crippen LogP contribution in [0.15, 0.2) is 35.3 Å². The van der Waals surface area contributed by atoms with E-state index in [1.165, 1.54) is 10.9 Å². The fourth-order valence-electron chi connectivity index (χ4n) is 3.55. The largest absolute Gasteiger partial charge is 0.466 e. The number of nitrogens with zero attached hydrogens (tertiary/aromatic N) is 5. The molecule has 176 valence electrons. The number of nitrogens with one attached hydrogen (secondary N) is 2. The fourth-order valence-corrected chi connectivity index (χ4v) is 3.55. The number of fused-ring (bicyclic) bond motifs is 1. The standard InChI is InChI=1S/C23H25N7O4/c1-5-34-20(32)10-9-19(31)25-18-11-14(3)28-30(18)23-26-21-16(22(33)27-23)12-24-29(21)17-8-6-7-13(2)15(17)4/h6-8,11-12H,5,9-10H2,1-4H3,(H,25,31)(H,26,27,33). The van der Waals surface area contributed by atoms with Crippen LogP contribution in [0.5, 0.6) is 0 Å². The molecule has 0 aliphatic carbocycles. The zero-order chi connectivity index (χ0) is 24.4. The Morgan fingerprint density at radius 3 is 2.71 bits per heavy atom. The molecule has 0 unspecified atom stereocenters. The number of aromatic amines is 1. The van der Waals surface area contributed by atoms with E-state index in [2.05, 4.69) is 25.5 Å². The van der Waals surface area contributed by atoms with Gasteiger partial charge in [-0.1, -0.05) is 12.1 Å². The van der Waals surface area contributed by atoms with Gasteiger partial charge in [-0.3, -0.25) is 19.4 Å². The maximum atomic E-state index is 12.8. The van der Waals surface area contributed by atoms with Crippen LogP contribution in [-0.2, 0) is 14.3 Å². The quantitative estimate of drug-likeness (QED) is 0.402. The van der Waals surface area contributed by atoms with Crippen LogP contribution in [0.4, 0.5) is 5.82 Å². The lowest BCUT2D eigenvalue weighted by molar-refractivity contribution is -0.144. The Bertz CT molecular complexity index is 1450. The monoisotopic (exact) mass is 463 g/mol. The first-order chi connectivity index (χ1) is 16.3. The molecular weight excluding hydrogens is 438 g/mol. The number of esters is 1. The second-order valence-corrected chi connectivity index (χ2v) is 7.84. The van der Waals surface area contributed by atoms with Crippen LogP contribution in [0.25, 0.3) is 22.7 Å². The number of hydrogen-bond donors (Lipinski definition) is 2. The SMILES string of the molecule is CCOC(=O)CCC(=O)Nc1cc(C)nn1-c1nc2c(cnn2-c2cccc(C)c2C)c(=O)[nH]1. The summed E-state index contributed by atoms with van der Waals surface area (Å²) in [5.41, 5.74) is 3.49. The van der Waals surface area contributed by atoms with Crippen molar-refractivity contribution in [2.24, 2.45) is 0 Å². The molecule has 0 bridgehead atoms. The number of amides is 1. The number of aromatic nitrogens is 6. The Morgan fingerprint density at radius 2 is 1.94 bits per heavy atom. The first-order valence-corrected chi connectivity index (χ1v) is 10.9. The van der Waals surface area contributed by atoms with Gasteiger partial charge in [0.15, 0.2) is 5.65 Å². The van der Waals surface area contributed by atoms with Crippen molar-refractivity contribution in [1.82, 2.24) is 29.5 Å². The number of benzene rings is 1. The summed E-state index contributed by atoms with van der Waals surface area (Å²) in [5, 5.41) is 11.8. The minimum atomic E-state index is -0.446. The number of ether oxygens (including phenoxy) is 1. The molecule has 0 atom stereocenters. The number of carbonyl (C=O) groups excluding carboxylic acids is 2. The van der Waals surface area contributed by atoms with Crippen LogP contribution in [0.3, 0.4) is 0 Å². The molecule has 3 heterocycles. The number of aryl methyl sites for hydroxylation is 2. The number of rotatable bonds is 7. The molecule has 0 fully saturated rings. The van der Waals surface area contributed by atoms with Gasteiger partial charge in [0.2, 0.25) is 11.9 Å². The lowest BCUT2D eigenvalue weighted by Crippen LogP contribution is -2.19. The van der Waals surface area contributed by atoms with Gasteiger partial charge in [0.25, 0.3) is 5.56 Å². The number of anilines is 1. The van der Waals surface area contributed by atoms with Gasteiger partial charge in [-0.25, -0.2) is 4.68 Å². The molecule has 0 spiro atoms. The maximum absolute atomic E-state index is 12.8. The van der Waals surface area contributed by atoms with Crippen LogP contribution in [0.2, 0.25) is 0 Å². The number of H-pyrrole nitrogens is 1. The molecule has 2 N–H and O–H groups in total. The maximum Gasteiger partial charge on any atom is 0.306 e. The Morgan fingerprint density at radius 1 is 1.15 bits per heavy atom. The van der Waals surface area contributed by atoms with Gasteiger partial charge in [-0.05, 0) is 44.9 Å². The molecule has 4 rings (SSSR count). The lowest BCUT2D eigenvalue weighted by Gasteiger charge is -2.11. The van der Waals surface area contributed by atoms with E-state index in [4.69, 9.17) is 4.74 Å². The summed E-state index contributed by atoms with van der Waals surface area (Å²) < 4.78 is 7.82. The van der Waals surface area contributed by atoms with E-state index in [0.717, 1.165) is 16.8 Å². The van der Waals surface area contributed by atoms with E-state index in [1.54, 1.807) is 24.6 Å². The van der Waals surface area contributed by atoms with Gasteiger partial charge in [0.1, 0.15) is 11.2 Å². The Hall–Kier alpha value is -4.28. The Balaban J connectivity index is 1.71. The van der Waals surface area contributed by atoms with Crippen molar-refractivity contribution in [3.05, 3.63) is 57.6 Å². The zero-order valence-corrected chi connectivity index (χ0v) is 19.4. The van der Waals surface area contributed by atoms with Crippen LogP contribution in [0.1, 0.15) is 36.6 Å². The third-order valence-corrected chi connectivity index (χ3v) is 5.39. The fraction of sp³-hybridized carbons (Fsp3) is 0.304. The molecule has 0 saturated carbocycles. The third kappa shape index (κ3) is 4.45. The van der Waals surface area contributed by atoms with E-state index in [0.29, 0.717) is 22.5 Å². The molecule has 1 aromatic carbocycles. The highest BCUT2D eigenvalue weighted by molar-refractivity contribution is 5.92.